The number of benzene rings is 2. The van der Waals surface area contributed by atoms with E-state index in [0.29, 0.717) is 27.4 Å². The summed E-state index contributed by atoms with van der Waals surface area (Å²) in [4.78, 5) is 31.7. The van der Waals surface area contributed by atoms with Crippen LogP contribution in [0.15, 0.2) is 59.4 Å². The van der Waals surface area contributed by atoms with Crippen molar-refractivity contribution < 1.29 is 18.0 Å². The quantitative estimate of drug-likeness (QED) is 0.377. The fourth-order valence-corrected chi connectivity index (χ4v) is 3.78. The van der Waals surface area contributed by atoms with Crippen molar-refractivity contribution in [1.29, 1.82) is 5.26 Å². The molecule has 36 heavy (non-hydrogen) atoms. The number of carbonyl (C=O) groups is 1. The Morgan fingerprint density at radius 3 is 2.56 bits per heavy atom. The van der Waals surface area contributed by atoms with E-state index in [1.807, 2.05) is 6.07 Å². The number of carbonyl (C=O) groups excluding carboxylic acids is 1. The third-order valence-corrected chi connectivity index (χ3v) is 5.76. The molecule has 0 fully saturated rings. The normalized spacial score (nSPS) is 11.2. The number of aromatic nitrogens is 2. The van der Waals surface area contributed by atoms with E-state index in [0.717, 1.165) is 0 Å². The smallest absolute Gasteiger partial charge is 0.341 e. The fourth-order valence-electron chi connectivity index (χ4n) is 3.65. The minimum atomic E-state index is -4.31. The van der Waals surface area contributed by atoms with Gasteiger partial charge in [0.15, 0.2) is 0 Å². The Morgan fingerprint density at radius 2 is 1.89 bits per heavy atom. The van der Waals surface area contributed by atoms with Gasteiger partial charge in [-0.25, -0.2) is 4.98 Å². The van der Waals surface area contributed by atoms with Gasteiger partial charge in [-0.15, -0.1) is 0 Å². The Morgan fingerprint density at radius 1 is 1.17 bits per heavy atom. The topological polar surface area (TPSA) is 79.0 Å². The molecule has 0 unspecified atom stereocenters. The third-order valence-electron chi connectivity index (χ3n) is 5.51. The second-order valence-corrected chi connectivity index (χ2v) is 8.73. The monoisotopic (exact) mass is 516 g/mol. The van der Waals surface area contributed by atoms with E-state index in [1.54, 1.807) is 55.6 Å². The van der Waals surface area contributed by atoms with Crippen molar-refractivity contribution in [3.05, 3.63) is 86.9 Å². The van der Waals surface area contributed by atoms with E-state index in [9.17, 15) is 22.8 Å². The highest BCUT2D eigenvalue weighted by atomic mass is 35.5. The SMILES string of the molecule is CN(CCC#N)C(=O)c1cccc(Cn2c(CCCC(F)(F)F)nc(-c3ccc(Cl)cc3)cc2=O)c1. The molecule has 0 bridgehead atoms. The number of hydrogen-bond acceptors (Lipinski definition) is 4. The molecule has 1 heterocycles. The lowest BCUT2D eigenvalue weighted by Crippen LogP contribution is -2.28. The molecule has 0 saturated carbocycles. The highest BCUT2D eigenvalue weighted by molar-refractivity contribution is 6.30. The molecule has 3 rings (SSSR count). The molecule has 0 radical (unpaired) electrons. The molecule has 3 aromatic rings. The second kappa shape index (κ2) is 11.9. The molecule has 0 N–H and O–H groups in total. The number of alkyl halides is 3. The van der Waals surface area contributed by atoms with Crippen LogP contribution in [-0.4, -0.2) is 40.1 Å². The average molecular weight is 517 g/mol. The zero-order valence-electron chi connectivity index (χ0n) is 19.6. The Labute approximate surface area is 211 Å². The van der Waals surface area contributed by atoms with Crippen molar-refractivity contribution in [3.8, 4) is 17.3 Å². The van der Waals surface area contributed by atoms with Crippen LogP contribution < -0.4 is 5.56 Å². The predicted molar refractivity (Wildman–Crippen MR) is 131 cm³/mol. The van der Waals surface area contributed by atoms with Gasteiger partial charge in [0, 0.05) is 48.6 Å². The summed E-state index contributed by atoms with van der Waals surface area (Å²) in [7, 11) is 1.59. The number of nitriles is 1. The number of nitrogens with zero attached hydrogens (tertiary/aromatic N) is 4. The van der Waals surface area contributed by atoms with Crippen LogP contribution in [0.1, 0.15) is 41.0 Å². The Bertz CT molecular complexity index is 1310. The summed E-state index contributed by atoms with van der Waals surface area (Å²) in [6.07, 6.45) is -5.38. The first-order valence-corrected chi connectivity index (χ1v) is 11.6. The van der Waals surface area contributed by atoms with Crippen LogP contribution in [0.2, 0.25) is 5.02 Å². The predicted octanol–water partition coefficient (Wildman–Crippen LogP) is 5.48. The maximum atomic E-state index is 13.1. The molecule has 1 amide bonds. The lowest BCUT2D eigenvalue weighted by molar-refractivity contribution is -0.135. The molecule has 0 spiro atoms. The first kappa shape index (κ1) is 27.0. The van der Waals surface area contributed by atoms with Gasteiger partial charge in [-0.3, -0.25) is 14.2 Å². The van der Waals surface area contributed by atoms with Gasteiger partial charge in [0.1, 0.15) is 5.82 Å². The molecule has 2 aromatic carbocycles. The van der Waals surface area contributed by atoms with E-state index in [1.165, 1.54) is 15.5 Å². The van der Waals surface area contributed by atoms with Gasteiger partial charge >= 0.3 is 6.18 Å². The fraction of sp³-hybridized carbons (Fsp3) is 0.308. The lowest BCUT2D eigenvalue weighted by atomic mass is 10.1. The van der Waals surface area contributed by atoms with E-state index >= 15 is 0 Å². The van der Waals surface area contributed by atoms with Crippen LogP contribution in [0.3, 0.4) is 0 Å². The van der Waals surface area contributed by atoms with Gasteiger partial charge in [-0.1, -0.05) is 35.9 Å². The molecule has 0 aliphatic rings. The Hall–Kier alpha value is -3.64. The number of hydrogen-bond donors (Lipinski definition) is 0. The molecule has 0 aliphatic heterocycles. The highest BCUT2D eigenvalue weighted by Crippen LogP contribution is 2.24. The average Bonchev–Trinajstić information content (AvgIpc) is 2.83. The molecule has 10 heteroatoms. The molecule has 0 atom stereocenters. The van der Waals surface area contributed by atoms with E-state index in [2.05, 4.69) is 4.98 Å². The van der Waals surface area contributed by atoms with Crippen molar-refractivity contribution in [2.24, 2.45) is 0 Å². The van der Waals surface area contributed by atoms with Crippen LogP contribution in [0, 0.1) is 11.3 Å². The molecular weight excluding hydrogens is 493 g/mol. The first-order valence-electron chi connectivity index (χ1n) is 11.2. The van der Waals surface area contributed by atoms with Gasteiger partial charge in [0.05, 0.1) is 24.7 Å². The molecule has 0 saturated heterocycles. The number of amides is 1. The molecular formula is C26H24ClF3N4O2. The summed E-state index contributed by atoms with van der Waals surface area (Å²) >= 11 is 5.93. The highest BCUT2D eigenvalue weighted by Gasteiger charge is 2.26. The third kappa shape index (κ3) is 7.43. The minimum absolute atomic E-state index is 0.0388. The molecule has 188 valence electrons. The zero-order valence-corrected chi connectivity index (χ0v) is 20.3. The number of aryl methyl sites for hydroxylation is 1. The molecule has 6 nitrogen and oxygen atoms in total. The van der Waals surface area contributed by atoms with Crippen LogP contribution >= 0.6 is 11.6 Å². The van der Waals surface area contributed by atoms with Crippen molar-refractivity contribution in [3.63, 3.8) is 0 Å². The van der Waals surface area contributed by atoms with Crippen LogP contribution in [0.25, 0.3) is 11.3 Å². The second-order valence-electron chi connectivity index (χ2n) is 8.29. The zero-order chi connectivity index (χ0) is 26.3. The van der Waals surface area contributed by atoms with Crippen LogP contribution in [0.4, 0.5) is 13.2 Å². The van der Waals surface area contributed by atoms with Crippen LogP contribution in [-0.2, 0) is 13.0 Å². The lowest BCUT2D eigenvalue weighted by Gasteiger charge is -2.17. The van der Waals surface area contributed by atoms with E-state index in [-0.39, 0.29) is 44.1 Å². The van der Waals surface area contributed by atoms with Gasteiger partial charge in [0.2, 0.25) is 0 Å². The Balaban J connectivity index is 1.94. The number of rotatable bonds is 9. The Kier molecular flexibility index (Phi) is 8.88. The summed E-state index contributed by atoms with van der Waals surface area (Å²) in [5.41, 5.74) is 1.55. The summed E-state index contributed by atoms with van der Waals surface area (Å²) in [5.74, 6) is -0.0550. The van der Waals surface area contributed by atoms with Crippen LogP contribution in [0.5, 0.6) is 0 Å². The van der Waals surface area contributed by atoms with Gasteiger partial charge < -0.3 is 4.90 Å². The maximum Gasteiger partial charge on any atom is 0.389 e. The minimum Gasteiger partial charge on any atom is -0.341 e. The standard InChI is InChI=1S/C26H24ClF3N4O2/c1-33(14-4-13-31)25(36)20-6-2-5-18(15-20)17-34-23(7-3-12-26(28,29)30)32-22(16-24(34)35)19-8-10-21(27)11-9-19/h2,5-6,8-11,15-16H,3-4,7,12,14,17H2,1H3. The van der Waals surface area contributed by atoms with Gasteiger partial charge in [-0.2, -0.15) is 18.4 Å². The van der Waals surface area contributed by atoms with E-state index < -0.39 is 18.2 Å². The molecule has 1 aromatic heterocycles. The summed E-state index contributed by atoms with van der Waals surface area (Å²) in [5, 5.41) is 9.25. The summed E-state index contributed by atoms with van der Waals surface area (Å²) in [6, 6.07) is 16.6. The van der Waals surface area contributed by atoms with Gasteiger partial charge in [-0.05, 0) is 36.2 Å². The summed E-state index contributed by atoms with van der Waals surface area (Å²) < 4.78 is 39.7. The van der Waals surface area contributed by atoms with Gasteiger partial charge in [0.25, 0.3) is 11.5 Å². The molecule has 0 aliphatic carbocycles. The summed E-state index contributed by atoms with van der Waals surface area (Å²) in [6.45, 7) is 0.315. The van der Waals surface area contributed by atoms with Crippen molar-refractivity contribution in [1.82, 2.24) is 14.5 Å². The maximum absolute atomic E-state index is 13.1. The van der Waals surface area contributed by atoms with E-state index in [4.69, 9.17) is 16.9 Å². The van der Waals surface area contributed by atoms with Crippen molar-refractivity contribution >= 4 is 17.5 Å². The van der Waals surface area contributed by atoms with Crippen molar-refractivity contribution in [2.45, 2.75) is 38.4 Å². The number of halogens is 4. The van der Waals surface area contributed by atoms with Crippen molar-refractivity contribution in [2.75, 3.05) is 13.6 Å². The largest absolute Gasteiger partial charge is 0.389 e. The first-order chi connectivity index (χ1) is 17.1.